The van der Waals surface area contributed by atoms with Gasteiger partial charge in [-0.05, 0) is 32.1 Å². The Kier molecular flexibility index (Phi) is 3.55. The first kappa shape index (κ1) is 13.0. The lowest BCUT2D eigenvalue weighted by Gasteiger charge is -2.40. The quantitative estimate of drug-likeness (QED) is 0.880. The number of aromatic nitrogens is 1. The van der Waals surface area contributed by atoms with E-state index in [0.717, 1.165) is 23.1 Å². The second kappa shape index (κ2) is 4.65. The lowest BCUT2D eigenvalue weighted by atomic mass is 9.73. The van der Waals surface area contributed by atoms with Crippen LogP contribution in [0, 0.1) is 19.3 Å². The summed E-state index contributed by atoms with van der Waals surface area (Å²) >= 11 is 1.71. The maximum atomic E-state index is 6.36. The van der Waals surface area contributed by atoms with Crippen LogP contribution in [-0.4, -0.2) is 16.3 Å². The fraction of sp³-hybridized carbons (Fsp3) is 0.769. The van der Waals surface area contributed by atoms with Gasteiger partial charge in [-0.25, -0.2) is 4.98 Å². The lowest BCUT2D eigenvalue weighted by molar-refractivity contribution is 0.208. The molecule has 1 aromatic rings. The maximum absolute atomic E-state index is 6.36. The monoisotopic (exact) mass is 254 g/mol. The van der Waals surface area contributed by atoms with Gasteiger partial charge in [-0.3, -0.25) is 0 Å². The number of hydrogen-bond acceptors (Lipinski definition) is 4. The average molecular weight is 254 g/mol. The van der Waals surface area contributed by atoms with Crippen molar-refractivity contribution in [2.75, 3.05) is 0 Å². The Morgan fingerprint density at radius 3 is 2.71 bits per heavy atom. The smallest absolute Gasteiger partial charge is 0.256 e. The molecule has 1 fully saturated rings. The van der Waals surface area contributed by atoms with E-state index in [1.807, 2.05) is 13.8 Å². The van der Waals surface area contributed by atoms with Gasteiger partial charge in [0.2, 0.25) is 0 Å². The van der Waals surface area contributed by atoms with Gasteiger partial charge in [0.15, 0.2) is 0 Å². The van der Waals surface area contributed by atoms with Crippen molar-refractivity contribution < 1.29 is 4.42 Å². The van der Waals surface area contributed by atoms with Crippen molar-refractivity contribution in [2.45, 2.75) is 63.5 Å². The molecule has 0 bridgehead atoms. The van der Waals surface area contributed by atoms with Crippen LogP contribution in [-0.2, 0) is 0 Å². The molecule has 0 amide bonds. The predicted octanol–water partition coefficient (Wildman–Crippen LogP) is 3.29. The molecule has 2 rings (SSSR count). The highest BCUT2D eigenvalue weighted by Crippen LogP contribution is 2.41. The Hall–Kier alpha value is -0.480. The van der Waals surface area contributed by atoms with Crippen molar-refractivity contribution in [1.29, 1.82) is 0 Å². The van der Waals surface area contributed by atoms with Gasteiger partial charge < -0.3 is 10.2 Å². The number of hydrogen-bond donors (Lipinski definition) is 1. The van der Waals surface area contributed by atoms with E-state index in [4.69, 9.17) is 10.2 Å². The van der Waals surface area contributed by atoms with E-state index in [9.17, 15) is 0 Å². The maximum Gasteiger partial charge on any atom is 0.256 e. The highest BCUT2D eigenvalue weighted by molar-refractivity contribution is 7.99. The third kappa shape index (κ3) is 2.68. The molecule has 4 heteroatoms. The summed E-state index contributed by atoms with van der Waals surface area (Å²) in [5, 5.41) is 1.20. The topological polar surface area (TPSA) is 52.0 Å². The van der Waals surface area contributed by atoms with Crippen molar-refractivity contribution in [3.8, 4) is 0 Å². The first-order valence-corrected chi connectivity index (χ1v) is 7.14. The number of oxazole rings is 1. The van der Waals surface area contributed by atoms with Crippen LogP contribution in [0.2, 0.25) is 0 Å². The van der Waals surface area contributed by atoms with E-state index in [2.05, 4.69) is 18.8 Å². The zero-order valence-electron chi connectivity index (χ0n) is 11.1. The lowest BCUT2D eigenvalue weighted by Crippen LogP contribution is -2.48. The van der Waals surface area contributed by atoms with Crippen LogP contribution in [0.3, 0.4) is 0 Å². The Morgan fingerprint density at radius 2 is 2.12 bits per heavy atom. The van der Waals surface area contributed by atoms with E-state index in [0.29, 0.717) is 5.25 Å². The molecule has 96 valence electrons. The summed E-state index contributed by atoms with van der Waals surface area (Å²) in [4.78, 5) is 4.43. The van der Waals surface area contributed by atoms with Gasteiger partial charge >= 0.3 is 0 Å². The van der Waals surface area contributed by atoms with Crippen LogP contribution >= 0.6 is 11.8 Å². The van der Waals surface area contributed by atoms with Crippen LogP contribution < -0.4 is 5.73 Å². The molecule has 2 N–H and O–H groups in total. The Morgan fingerprint density at radius 1 is 1.41 bits per heavy atom. The largest absolute Gasteiger partial charge is 0.437 e. The molecule has 0 spiro atoms. The zero-order chi connectivity index (χ0) is 12.6. The summed E-state index contributed by atoms with van der Waals surface area (Å²) in [6.45, 7) is 8.46. The highest BCUT2D eigenvalue weighted by atomic mass is 32.2. The van der Waals surface area contributed by atoms with Crippen LogP contribution in [0.4, 0.5) is 0 Å². The summed E-state index contributed by atoms with van der Waals surface area (Å²) < 4.78 is 5.63. The van der Waals surface area contributed by atoms with Crippen molar-refractivity contribution in [3.05, 3.63) is 11.5 Å². The fourth-order valence-electron chi connectivity index (χ4n) is 2.36. The predicted molar refractivity (Wildman–Crippen MR) is 71.2 cm³/mol. The van der Waals surface area contributed by atoms with Crippen LogP contribution in [0.25, 0.3) is 0 Å². The Bertz CT molecular complexity index is 381. The Balaban J connectivity index is 2.08. The van der Waals surface area contributed by atoms with Crippen molar-refractivity contribution in [2.24, 2.45) is 11.1 Å². The van der Waals surface area contributed by atoms with Gasteiger partial charge in [0.25, 0.3) is 5.22 Å². The average Bonchev–Trinajstić information content (AvgIpc) is 2.54. The summed E-state index contributed by atoms with van der Waals surface area (Å²) in [7, 11) is 0. The third-order valence-electron chi connectivity index (χ3n) is 3.87. The fourth-order valence-corrected chi connectivity index (χ4v) is 3.79. The number of nitrogens with zero attached hydrogens (tertiary/aromatic N) is 1. The summed E-state index contributed by atoms with van der Waals surface area (Å²) in [5.74, 6) is 0.913. The second-order valence-corrected chi connectivity index (χ2v) is 6.87. The summed E-state index contributed by atoms with van der Waals surface area (Å²) in [6.07, 6.45) is 3.63. The third-order valence-corrected chi connectivity index (χ3v) is 5.08. The standard InChI is InChI=1S/C13H22N2OS/c1-8-9(2)16-12(15-8)17-10-6-5-7-13(3,4)11(10)14/h10-11H,5-7,14H2,1-4H3. The van der Waals surface area contributed by atoms with Gasteiger partial charge in [0.1, 0.15) is 5.76 Å². The van der Waals surface area contributed by atoms with E-state index in [-0.39, 0.29) is 11.5 Å². The van der Waals surface area contributed by atoms with E-state index >= 15 is 0 Å². The number of thioether (sulfide) groups is 1. The SMILES string of the molecule is Cc1nc(SC2CCCC(C)(C)C2N)oc1C. The van der Waals surface area contributed by atoms with Gasteiger partial charge in [0, 0.05) is 11.3 Å². The molecule has 1 heterocycles. The first-order chi connectivity index (χ1) is 7.90. The molecule has 2 atom stereocenters. The minimum atomic E-state index is 0.216. The summed E-state index contributed by atoms with van der Waals surface area (Å²) in [5.41, 5.74) is 7.57. The molecule has 1 aromatic heterocycles. The van der Waals surface area contributed by atoms with Crippen molar-refractivity contribution in [1.82, 2.24) is 4.98 Å². The van der Waals surface area contributed by atoms with Crippen molar-refractivity contribution in [3.63, 3.8) is 0 Å². The number of nitrogens with two attached hydrogens (primary N) is 1. The van der Waals surface area contributed by atoms with E-state index < -0.39 is 0 Å². The second-order valence-electron chi connectivity index (χ2n) is 5.68. The van der Waals surface area contributed by atoms with Crippen LogP contribution in [0.1, 0.15) is 44.6 Å². The molecule has 2 unspecified atom stereocenters. The molecule has 0 aliphatic heterocycles. The normalized spacial score (nSPS) is 28.3. The number of aryl methyl sites for hydroxylation is 2. The molecule has 0 saturated heterocycles. The molecule has 1 saturated carbocycles. The summed E-state index contributed by atoms with van der Waals surface area (Å²) in [6, 6.07) is 0.216. The minimum absolute atomic E-state index is 0.216. The molecule has 3 nitrogen and oxygen atoms in total. The van der Waals surface area contributed by atoms with Crippen LogP contribution in [0.15, 0.2) is 9.64 Å². The van der Waals surface area contributed by atoms with Gasteiger partial charge in [-0.1, -0.05) is 32.0 Å². The van der Waals surface area contributed by atoms with Gasteiger partial charge in [-0.15, -0.1) is 0 Å². The number of rotatable bonds is 2. The molecule has 0 radical (unpaired) electrons. The minimum Gasteiger partial charge on any atom is -0.437 e. The highest BCUT2D eigenvalue weighted by Gasteiger charge is 2.37. The Labute approximate surface area is 108 Å². The van der Waals surface area contributed by atoms with Gasteiger partial charge in [-0.2, -0.15) is 0 Å². The molecule has 1 aliphatic rings. The first-order valence-electron chi connectivity index (χ1n) is 6.26. The van der Waals surface area contributed by atoms with Crippen LogP contribution in [0.5, 0.6) is 0 Å². The molecule has 0 aromatic carbocycles. The molecule has 1 aliphatic carbocycles. The molecular weight excluding hydrogens is 232 g/mol. The van der Waals surface area contributed by atoms with E-state index in [1.165, 1.54) is 12.8 Å². The van der Waals surface area contributed by atoms with Gasteiger partial charge in [0.05, 0.1) is 5.69 Å². The van der Waals surface area contributed by atoms with E-state index in [1.54, 1.807) is 11.8 Å². The molecular formula is C13H22N2OS. The van der Waals surface area contributed by atoms with Crippen molar-refractivity contribution >= 4 is 11.8 Å². The molecule has 17 heavy (non-hydrogen) atoms. The zero-order valence-corrected chi connectivity index (χ0v) is 11.9.